The van der Waals surface area contributed by atoms with E-state index in [-0.39, 0.29) is 17.5 Å². The van der Waals surface area contributed by atoms with Gasteiger partial charge in [0.05, 0.1) is 5.56 Å². The number of benzene rings is 1. The Bertz CT molecular complexity index is 390. The molecule has 0 aliphatic rings. The van der Waals surface area contributed by atoms with Crippen molar-refractivity contribution < 1.29 is 9.18 Å². The largest absolute Gasteiger partial charge is 0.339 e. The summed E-state index contributed by atoms with van der Waals surface area (Å²) < 4.78 is 13.7. The number of carbonyl (C=O) groups excluding carboxylic acids is 1. The van der Waals surface area contributed by atoms with Crippen LogP contribution in [-0.2, 0) is 0 Å². The van der Waals surface area contributed by atoms with E-state index >= 15 is 0 Å². The van der Waals surface area contributed by atoms with E-state index < -0.39 is 5.82 Å². The monoisotopic (exact) mass is 223 g/mol. The number of hydrogen-bond acceptors (Lipinski definition) is 1. The Labute approximate surface area is 96.1 Å². The summed E-state index contributed by atoms with van der Waals surface area (Å²) in [6.45, 7) is 5.61. The Morgan fingerprint density at radius 2 is 2.12 bits per heavy atom. The summed E-state index contributed by atoms with van der Waals surface area (Å²) in [5.74, 6) is -0.668. The van der Waals surface area contributed by atoms with Gasteiger partial charge in [0.2, 0.25) is 0 Å². The van der Waals surface area contributed by atoms with E-state index in [0.29, 0.717) is 5.56 Å². The summed E-state index contributed by atoms with van der Waals surface area (Å²) in [5.41, 5.74) is 0.659. The fraction of sp³-hybridized carbons (Fsp3) is 0.462. The lowest BCUT2D eigenvalue weighted by atomic mass is 10.1. The number of halogens is 1. The predicted molar refractivity (Wildman–Crippen MR) is 63.0 cm³/mol. The molecule has 1 amide bonds. The van der Waals surface area contributed by atoms with Crippen molar-refractivity contribution in [3.05, 3.63) is 35.1 Å². The molecular weight excluding hydrogens is 205 g/mol. The first-order chi connectivity index (χ1) is 7.49. The van der Waals surface area contributed by atoms with Gasteiger partial charge < -0.3 is 4.90 Å². The molecule has 3 heteroatoms. The van der Waals surface area contributed by atoms with Crippen LogP contribution >= 0.6 is 0 Å². The summed E-state index contributed by atoms with van der Waals surface area (Å²) >= 11 is 0. The smallest absolute Gasteiger partial charge is 0.256 e. The lowest BCUT2D eigenvalue weighted by molar-refractivity contribution is 0.0735. The minimum atomic E-state index is -0.414. The van der Waals surface area contributed by atoms with Crippen LogP contribution in [0.2, 0.25) is 0 Å². The molecule has 0 spiro atoms. The fourth-order valence-corrected chi connectivity index (χ4v) is 1.48. The molecule has 0 aliphatic carbocycles. The van der Waals surface area contributed by atoms with Crippen LogP contribution in [0.1, 0.15) is 36.2 Å². The Morgan fingerprint density at radius 1 is 1.50 bits per heavy atom. The zero-order valence-electron chi connectivity index (χ0n) is 10.2. The van der Waals surface area contributed by atoms with Crippen molar-refractivity contribution in [2.45, 2.75) is 33.2 Å². The Hall–Kier alpha value is -1.38. The molecule has 0 radical (unpaired) electrons. The third kappa shape index (κ3) is 2.40. The standard InChI is InChI=1S/C13H18FNO/c1-5-10(3)15(4)13(16)11-8-6-7-9(2)12(11)14/h6-8,10H,5H2,1-4H3. The maximum atomic E-state index is 13.7. The van der Waals surface area contributed by atoms with Crippen molar-refractivity contribution in [1.29, 1.82) is 0 Å². The van der Waals surface area contributed by atoms with E-state index in [1.54, 1.807) is 31.0 Å². The maximum absolute atomic E-state index is 13.7. The summed E-state index contributed by atoms with van der Waals surface area (Å²) in [7, 11) is 1.71. The first-order valence-corrected chi connectivity index (χ1v) is 5.51. The molecule has 1 unspecified atom stereocenters. The second-order valence-corrected chi connectivity index (χ2v) is 4.11. The van der Waals surface area contributed by atoms with Gasteiger partial charge in [-0.3, -0.25) is 4.79 Å². The van der Waals surface area contributed by atoms with Crippen LogP contribution in [0.25, 0.3) is 0 Å². The summed E-state index contributed by atoms with van der Waals surface area (Å²) in [6, 6.07) is 5.02. The summed E-state index contributed by atoms with van der Waals surface area (Å²) in [4.78, 5) is 13.6. The molecule has 0 fully saturated rings. The average molecular weight is 223 g/mol. The lowest BCUT2D eigenvalue weighted by Crippen LogP contribution is -2.35. The van der Waals surface area contributed by atoms with Crippen LogP contribution in [0, 0.1) is 12.7 Å². The third-order valence-electron chi connectivity index (χ3n) is 2.99. The molecule has 0 bridgehead atoms. The van der Waals surface area contributed by atoms with Gasteiger partial charge in [-0.15, -0.1) is 0 Å². The van der Waals surface area contributed by atoms with Crippen LogP contribution < -0.4 is 0 Å². The van der Waals surface area contributed by atoms with Gasteiger partial charge in [-0.05, 0) is 31.9 Å². The van der Waals surface area contributed by atoms with Crippen LogP contribution in [-0.4, -0.2) is 23.9 Å². The molecule has 0 N–H and O–H groups in total. The molecule has 2 nitrogen and oxygen atoms in total. The molecule has 0 saturated heterocycles. The van der Waals surface area contributed by atoms with Crippen LogP contribution in [0.4, 0.5) is 4.39 Å². The van der Waals surface area contributed by atoms with Gasteiger partial charge in [-0.1, -0.05) is 19.1 Å². The molecule has 0 aliphatic heterocycles. The molecule has 0 heterocycles. The van der Waals surface area contributed by atoms with E-state index in [9.17, 15) is 9.18 Å². The molecule has 1 atom stereocenters. The van der Waals surface area contributed by atoms with E-state index in [1.165, 1.54) is 6.07 Å². The number of carbonyl (C=O) groups is 1. The van der Waals surface area contributed by atoms with E-state index in [2.05, 4.69) is 0 Å². The minimum Gasteiger partial charge on any atom is -0.339 e. The van der Waals surface area contributed by atoms with Crippen molar-refractivity contribution in [2.24, 2.45) is 0 Å². The topological polar surface area (TPSA) is 20.3 Å². The molecular formula is C13H18FNO. The number of nitrogens with zero attached hydrogens (tertiary/aromatic N) is 1. The highest BCUT2D eigenvalue weighted by atomic mass is 19.1. The van der Waals surface area contributed by atoms with Crippen molar-refractivity contribution >= 4 is 5.91 Å². The molecule has 1 rings (SSSR count). The van der Waals surface area contributed by atoms with Gasteiger partial charge in [0.15, 0.2) is 0 Å². The number of aryl methyl sites for hydroxylation is 1. The molecule has 88 valence electrons. The van der Waals surface area contributed by atoms with E-state index in [0.717, 1.165) is 6.42 Å². The second-order valence-electron chi connectivity index (χ2n) is 4.11. The van der Waals surface area contributed by atoms with Gasteiger partial charge in [0, 0.05) is 13.1 Å². The van der Waals surface area contributed by atoms with Crippen molar-refractivity contribution in [3.63, 3.8) is 0 Å². The first kappa shape index (κ1) is 12.7. The van der Waals surface area contributed by atoms with Gasteiger partial charge >= 0.3 is 0 Å². The van der Waals surface area contributed by atoms with E-state index in [1.807, 2.05) is 13.8 Å². The highest BCUT2D eigenvalue weighted by Crippen LogP contribution is 2.15. The first-order valence-electron chi connectivity index (χ1n) is 5.51. The molecule has 0 aromatic heterocycles. The van der Waals surface area contributed by atoms with Crippen molar-refractivity contribution in [3.8, 4) is 0 Å². The normalized spacial score (nSPS) is 12.3. The second kappa shape index (κ2) is 5.10. The van der Waals surface area contributed by atoms with Gasteiger partial charge in [0.1, 0.15) is 5.82 Å². The lowest BCUT2D eigenvalue weighted by Gasteiger charge is -2.24. The molecule has 1 aromatic rings. The van der Waals surface area contributed by atoms with Gasteiger partial charge in [0.25, 0.3) is 5.91 Å². The number of amides is 1. The Kier molecular flexibility index (Phi) is 4.05. The SMILES string of the molecule is CCC(C)N(C)C(=O)c1cccc(C)c1F. The zero-order valence-corrected chi connectivity index (χ0v) is 10.2. The molecule has 16 heavy (non-hydrogen) atoms. The number of rotatable bonds is 3. The van der Waals surface area contributed by atoms with Crippen LogP contribution in [0.15, 0.2) is 18.2 Å². The number of hydrogen-bond donors (Lipinski definition) is 0. The Morgan fingerprint density at radius 3 is 2.69 bits per heavy atom. The average Bonchev–Trinajstić information content (AvgIpc) is 2.29. The van der Waals surface area contributed by atoms with E-state index in [4.69, 9.17) is 0 Å². The maximum Gasteiger partial charge on any atom is 0.256 e. The highest BCUT2D eigenvalue weighted by molar-refractivity contribution is 5.94. The zero-order chi connectivity index (χ0) is 12.3. The fourth-order valence-electron chi connectivity index (χ4n) is 1.48. The Balaban J connectivity index is 3.01. The van der Waals surface area contributed by atoms with Crippen molar-refractivity contribution in [1.82, 2.24) is 4.90 Å². The minimum absolute atomic E-state index is 0.118. The van der Waals surface area contributed by atoms with Crippen LogP contribution in [0.3, 0.4) is 0 Å². The van der Waals surface area contributed by atoms with Gasteiger partial charge in [-0.2, -0.15) is 0 Å². The molecule has 0 saturated carbocycles. The highest BCUT2D eigenvalue weighted by Gasteiger charge is 2.19. The predicted octanol–water partition coefficient (Wildman–Crippen LogP) is 3.00. The molecule has 1 aromatic carbocycles. The summed E-state index contributed by atoms with van der Waals surface area (Å²) in [6.07, 6.45) is 0.857. The van der Waals surface area contributed by atoms with Crippen LogP contribution in [0.5, 0.6) is 0 Å². The quantitative estimate of drug-likeness (QED) is 0.771. The third-order valence-corrected chi connectivity index (χ3v) is 2.99. The van der Waals surface area contributed by atoms with Crippen molar-refractivity contribution in [2.75, 3.05) is 7.05 Å². The summed E-state index contributed by atoms with van der Waals surface area (Å²) in [5, 5.41) is 0. The van der Waals surface area contributed by atoms with Gasteiger partial charge in [-0.25, -0.2) is 4.39 Å².